The minimum atomic E-state index is -0.996. The quantitative estimate of drug-likeness (QED) is 0.407. The predicted molar refractivity (Wildman–Crippen MR) is 130 cm³/mol. The number of carbonyl (C=O) groups is 2. The molecule has 1 saturated heterocycles. The van der Waals surface area contributed by atoms with Crippen molar-refractivity contribution in [1.82, 2.24) is 25.1 Å². The molecule has 35 heavy (non-hydrogen) atoms. The Kier molecular flexibility index (Phi) is 9.02. The van der Waals surface area contributed by atoms with Gasteiger partial charge in [0.15, 0.2) is 0 Å². The molecule has 3 aliphatic rings. The normalized spacial score (nSPS) is 24.2. The first kappa shape index (κ1) is 25.9. The lowest BCUT2D eigenvalue weighted by atomic mass is 9.88. The van der Waals surface area contributed by atoms with Crippen LogP contribution < -0.4 is 10.6 Å². The zero-order valence-corrected chi connectivity index (χ0v) is 21.1. The van der Waals surface area contributed by atoms with Crippen molar-refractivity contribution in [1.29, 1.82) is 0 Å². The van der Waals surface area contributed by atoms with Crippen LogP contribution >= 0.6 is 0 Å². The highest BCUT2D eigenvalue weighted by molar-refractivity contribution is 5.82. The lowest BCUT2D eigenvalue weighted by molar-refractivity contribution is -0.150. The van der Waals surface area contributed by atoms with Crippen molar-refractivity contribution < 1.29 is 24.2 Å². The Hall–Kier alpha value is -2.17. The fourth-order valence-corrected chi connectivity index (χ4v) is 5.40. The molecular weight excluding hydrogens is 450 g/mol. The van der Waals surface area contributed by atoms with Gasteiger partial charge in [0.05, 0.1) is 31.0 Å². The number of hydrogen-bond acceptors (Lipinski definition) is 6. The van der Waals surface area contributed by atoms with Crippen LogP contribution in [0.1, 0.15) is 81.8 Å². The lowest BCUT2D eigenvalue weighted by Crippen LogP contribution is -2.55. The summed E-state index contributed by atoms with van der Waals surface area (Å²) in [5, 5.41) is 14.7. The molecule has 10 heteroatoms. The molecule has 1 aromatic heterocycles. The summed E-state index contributed by atoms with van der Waals surface area (Å²) in [6.07, 6.45) is 9.29. The van der Waals surface area contributed by atoms with Gasteiger partial charge in [0.25, 0.3) is 5.91 Å². The highest BCUT2D eigenvalue weighted by Crippen LogP contribution is 2.37. The second kappa shape index (κ2) is 12.2. The first-order valence-corrected chi connectivity index (χ1v) is 13.2. The fraction of sp³-hybridized carbons (Fsp3) is 0.800. The molecule has 3 fully saturated rings. The minimum absolute atomic E-state index is 0.0304. The van der Waals surface area contributed by atoms with Gasteiger partial charge in [-0.25, -0.2) is 9.78 Å². The summed E-state index contributed by atoms with van der Waals surface area (Å²) in [5.74, 6) is 1.54. The summed E-state index contributed by atoms with van der Waals surface area (Å²) in [6.45, 7) is 4.70. The van der Waals surface area contributed by atoms with Gasteiger partial charge < -0.3 is 34.7 Å². The molecule has 0 unspecified atom stereocenters. The Morgan fingerprint density at radius 2 is 2.09 bits per heavy atom. The number of amides is 2. The van der Waals surface area contributed by atoms with Gasteiger partial charge in [0, 0.05) is 44.9 Å². The molecule has 2 heterocycles. The van der Waals surface area contributed by atoms with Gasteiger partial charge in [-0.1, -0.05) is 19.3 Å². The average molecular weight is 492 g/mol. The van der Waals surface area contributed by atoms with Crippen molar-refractivity contribution in [2.75, 3.05) is 33.4 Å². The van der Waals surface area contributed by atoms with E-state index < -0.39 is 12.2 Å². The number of ether oxygens (including phenoxy) is 2. The third-order valence-corrected chi connectivity index (χ3v) is 7.42. The summed E-state index contributed by atoms with van der Waals surface area (Å²) < 4.78 is 13.3. The summed E-state index contributed by atoms with van der Waals surface area (Å²) in [5.41, 5.74) is 0.915. The van der Waals surface area contributed by atoms with Gasteiger partial charge in [0.2, 0.25) is 0 Å². The zero-order valence-electron chi connectivity index (χ0n) is 21.1. The summed E-state index contributed by atoms with van der Waals surface area (Å²) in [7, 11) is 1.67. The number of carbonyl (C=O) groups excluding carboxylic acids is 1. The molecule has 1 aliphatic heterocycles. The molecule has 0 aromatic carbocycles. The van der Waals surface area contributed by atoms with Gasteiger partial charge in [0.1, 0.15) is 11.9 Å². The van der Waals surface area contributed by atoms with E-state index >= 15 is 0 Å². The largest absolute Gasteiger partial charge is 0.465 e. The number of hydrogen-bond donors (Lipinski definition) is 3. The number of aromatic nitrogens is 2. The van der Waals surface area contributed by atoms with Crippen LogP contribution in [0.25, 0.3) is 0 Å². The van der Waals surface area contributed by atoms with Crippen LogP contribution in [0.4, 0.5) is 4.79 Å². The maximum atomic E-state index is 13.6. The number of imidazole rings is 1. The van der Waals surface area contributed by atoms with Crippen LogP contribution in [0.2, 0.25) is 0 Å². The van der Waals surface area contributed by atoms with Gasteiger partial charge >= 0.3 is 6.09 Å². The number of nitrogens with zero attached hydrogens (tertiary/aromatic N) is 3. The van der Waals surface area contributed by atoms with Crippen LogP contribution in [0, 0.1) is 0 Å². The van der Waals surface area contributed by atoms with Crippen molar-refractivity contribution in [3.8, 4) is 0 Å². The second-order valence-corrected chi connectivity index (χ2v) is 10.2. The SMILES string of the molecule is COC[C@H]1CO[C@@H](C(=O)N(C2CC2)[C@H](C)c2cn(CCCNC(=O)O)c(C3CCCCC3)n2)CN1. The highest BCUT2D eigenvalue weighted by atomic mass is 16.5. The van der Waals surface area contributed by atoms with E-state index in [0.717, 1.165) is 37.2 Å². The van der Waals surface area contributed by atoms with Crippen LogP contribution in [0.3, 0.4) is 0 Å². The smallest absolute Gasteiger partial charge is 0.404 e. The van der Waals surface area contributed by atoms with Crippen LogP contribution in [0.15, 0.2) is 6.20 Å². The summed E-state index contributed by atoms with van der Waals surface area (Å²) >= 11 is 0. The van der Waals surface area contributed by atoms with Crippen molar-refractivity contribution in [2.24, 2.45) is 0 Å². The Bertz CT molecular complexity index is 843. The third-order valence-electron chi connectivity index (χ3n) is 7.42. The zero-order chi connectivity index (χ0) is 24.8. The van der Waals surface area contributed by atoms with E-state index in [1.165, 1.54) is 19.3 Å². The van der Waals surface area contributed by atoms with Crippen LogP contribution in [0.5, 0.6) is 0 Å². The summed E-state index contributed by atoms with van der Waals surface area (Å²) in [4.78, 5) is 31.5. The van der Waals surface area contributed by atoms with E-state index in [1.54, 1.807) is 7.11 Å². The van der Waals surface area contributed by atoms with E-state index in [2.05, 4.69) is 28.3 Å². The minimum Gasteiger partial charge on any atom is -0.465 e. The van der Waals surface area contributed by atoms with Gasteiger partial charge in [-0.3, -0.25) is 4.79 Å². The number of carboxylic acid groups (broad SMARTS) is 1. The Balaban J connectivity index is 1.48. The fourth-order valence-electron chi connectivity index (χ4n) is 5.40. The maximum absolute atomic E-state index is 13.6. The van der Waals surface area contributed by atoms with E-state index in [1.807, 2.05) is 4.90 Å². The van der Waals surface area contributed by atoms with E-state index in [4.69, 9.17) is 19.6 Å². The molecule has 10 nitrogen and oxygen atoms in total. The van der Waals surface area contributed by atoms with Crippen molar-refractivity contribution in [3.05, 3.63) is 17.7 Å². The first-order valence-electron chi connectivity index (χ1n) is 13.2. The summed E-state index contributed by atoms with van der Waals surface area (Å²) in [6, 6.07) is 0.206. The Labute approximate surface area is 207 Å². The number of aryl methyl sites for hydroxylation is 1. The van der Waals surface area contributed by atoms with Crippen molar-refractivity contribution >= 4 is 12.0 Å². The molecule has 3 atom stereocenters. The van der Waals surface area contributed by atoms with E-state index in [0.29, 0.717) is 45.2 Å². The van der Waals surface area contributed by atoms with Crippen LogP contribution in [-0.4, -0.2) is 83.2 Å². The van der Waals surface area contributed by atoms with Gasteiger partial charge in [-0.05, 0) is 39.0 Å². The van der Waals surface area contributed by atoms with Crippen molar-refractivity contribution in [2.45, 2.75) is 95.0 Å². The molecule has 2 aliphatic carbocycles. The second-order valence-electron chi connectivity index (χ2n) is 10.2. The molecule has 196 valence electrons. The predicted octanol–water partition coefficient (Wildman–Crippen LogP) is 2.64. The molecular formula is C25H41N5O5. The number of rotatable bonds is 11. The van der Waals surface area contributed by atoms with Crippen molar-refractivity contribution in [3.63, 3.8) is 0 Å². The molecule has 0 spiro atoms. The number of methoxy groups -OCH3 is 1. The Morgan fingerprint density at radius 1 is 1.31 bits per heavy atom. The van der Waals surface area contributed by atoms with E-state index in [-0.39, 0.29) is 24.0 Å². The molecule has 0 radical (unpaired) electrons. The standard InChI is InChI=1S/C25H41N5O5/c1-17(30(20-9-10-20)24(31)22-13-27-19(15-34-2)16-35-22)21-14-29(12-6-11-26-25(32)33)23(28-21)18-7-4-3-5-8-18/h14,17-20,22,26-27H,3-13,15-16H2,1-2H3,(H,32,33)/t17-,19+,22-/m1/s1. The highest BCUT2D eigenvalue weighted by Gasteiger charge is 2.41. The number of nitrogens with one attached hydrogen (secondary N) is 2. The first-order chi connectivity index (χ1) is 17.0. The molecule has 2 saturated carbocycles. The Morgan fingerprint density at radius 3 is 2.71 bits per heavy atom. The van der Waals surface area contributed by atoms with Crippen LogP contribution in [-0.2, 0) is 20.8 Å². The van der Waals surface area contributed by atoms with Gasteiger partial charge in [-0.2, -0.15) is 0 Å². The topological polar surface area (TPSA) is 118 Å². The average Bonchev–Trinajstić information content (AvgIpc) is 3.60. The lowest BCUT2D eigenvalue weighted by Gasteiger charge is -2.35. The maximum Gasteiger partial charge on any atom is 0.404 e. The molecule has 1 aromatic rings. The molecule has 3 N–H and O–H groups in total. The van der Waals surface area contributed by atoms with Gasteiger partial charge in [-0.15, -0.1) is 0 Å². The molecule has 4 rings (SSSR count). The third kappa shape index (κ3) is 6.74. The molecule has 2 amide bonds. The number of morpholine rings is 1. The molecule has 0 bridgehead atoms. The monoisotopic (exact) mass is 491 g/mol. The van der Waals surface area contributed by atoms with E-state index in [9.17, 15) is 9.59 Å².